The fourth-order valence-corrected chi connectivity index (χ4v) is 4.20. The van der Waals surface area contributed by atoms with E-state index >= 15 is 0 Å². The van der Waals surface area contributed by atoms with Gasteiger partial charge in [-0.05, 0) is 52.9 Å². The normalized spacial score (nSPS) is 11.0. The maximum Gasteiger partial charge on any atom is 0.261 e. The number of halogens is 1. The van der Waals surface area contributed by atoms with E-state index in [1.165, 1.54) is 32.4 Å². The van der Waals surface area contributed by atoms with Crippen LogP contribution in [-0.2, 0) is 14.8 Å². The molecule has 2 aromatic carbocycles. The van der Waals surface area contributed by atoms with E-state index in [0.717, 1.165) is 0 Å². The summed E-state index contributed by atoms with van der Waals surface area (Å²) in [5, 5.41) is 2.67. The molecule has 140 valence electrons. The van der Waals surface area contributed by atoms with Crippen molar-refractivity contribution in [3.05, 3.63) is 51.6 Å². The van der Waals surface area contributed by atoms with Crippen molar-refractivity contribution in [1.82, 2.24) is 5.32 Å². The first kappa shape index (κ1) is 20.5. The number of amides is 1. The average Bonchev–Trinajstić information content (AvgIpc) is 2.62. The summed E-state index contributed by atoms with van der Waals surface area (Å²) in [6.45, 7) is 0.691. The first-order valence-corrected chi connectivity index (χ1v) is 10.2. The zero-order chi connectivity index (χ0) is 19.2. The molecule has 0 aliphatic heterocycles. The van der Waals surface area contributed by atoms with Gasteiger partial charge in [0.1, 0.15) is 5.75 Å². The number of anilines is 1. The van der Waals surface area contributed by atoms with E-state index in [1.54, 1.807) is 24.3 Å². The maximum absolute atomic E-state index is 12.7. The molecule has 0 aliphatic carbocycles. The molecule has 2 rings (SSSR count). The molecule has 7 nitrogen and oxygen atoms in total. The van der Waals surface area contributed by atoms with Gasteiger partial charge in [0.05, 0.1) is 33.4 Å². The highest BCUT2D eigenvalue weighted by Gasteiger charge is 2.19. The lowest BCUT2D eigenvalue weighted by Crippen LogP contribution is -2.28. The van der Waals surface area contributed by atoms with Crippen molar-refractivity contribution in [2.45, 2.75) is 4.90 Å². The smallest absolute Gasteiger partial charge is 0.261 e. The van der Waals surface area contributed by atoms with Crippen LogP contribution in [0.3, 0.4) is 0 Å². The molecule has 0 saturated heterocycles. The quantitative estimate of drug-likeness (QED) is 0.438. The number of rotatable bonds is 8. The van der Waals surface area contributed by atoms with Gasteiger partial charge in [0.15, 0.2) is 0 Å². The van der Waals surface area contributed by atoms with E-state index < -0.39 is 10.0 Å². The topological polar surface area (TPSA) is 93.7 Å². The molecule has 0 unspecified atom stereocenters. The molecule has 0 radical (unpaired) electrons. The van der Waals surface area contributed by atoms with Crippen molar-refractivity contribution in [3.63, 3.8) is 0 Å². The molecule has 0 aliphatic rings. The maximum atomic E-state index is 12.7. The minimum Gasteiger partial charge on any atom is -0.496 e. The van der Waals surface area contributed by atoms with Crippen LogP contribution in [0.25, 0.3) is 0 Å². The van der Waals surface area contributed by atoms with E-state index in [2.05, 4.69) is 10.0 Å². The van der Waals surface area contributed by atoms with Gasteiger partial charge in [-0.2, -0.15) is 0 Å². The van der Waals surface area contributed by atoms with Gasteiger partial charge in [0.25, 0.3) is 15.9 Å². The van der Waals surface area contributed by atoms with Crippen LogP contribution in [-0.4, -0.2) is 41.7 Å². The molecule has 0 heterocycles. The molecule has 0 fully saturated rings. The van der Waals surface area contributed by atoms with E-state index in [0.29, 0.717) is 22.5 Å². The first-order valence-electron chi connectivity index (χ1n) is 7.61. The van der Waals surface area contributed by atoms with Gasteiger partial charge in [-0.15, -0.1) is 0 Å². The number of methoxy groups -OCH3 is 2. The third kappa shape index (κ3) is 5.08. The molecule has 0 saturated carbocycles. The van der Waals surface area contributed by atoms with Gasteiger partial charge in [-0.3, -0.25) is 9.52 Å². The molecule has 0 bridgehead atoms. The zero-order valence-corrected chi connectivity index (χ0v) is 17.3. The number of nitrogens with one attached hydrogen (secondary N) is 2. The second kappa shape index (κ2) is 9.19. The SMILES string of the molecule is COCCNC(=O)c1ccccc1NS(=O)(=O)c1ccc(OC)c(I)c1. The van der Waals surface area contributed by atoms with Gasteiger partial charge >= 0.3 is 0 Å². The van der Waals surface area contributed by atoms with Crippen LogP contribution in [0.5, 0.6) is 5.75 Å². The minimum absolute atomic E-state index is 0.0808. The molecule has 0 spiro atoms. The highest BCUT2D eigenvalue weighted by molar-refractivity contribution is 14.1. The molecule has 9 heteroatoms. The predicted octanol–water partition coefficient (Wildman–Crippen LogP) is 2.48. The van der Waals surface area contributed by atoms with Crippen LogP contribution in [0.2, 0.25) is 0 Å². The average molecular weight is 490 g/mol. The van der Waals surface area contributed by atoms with Crippen LogP contribution in [0, 0.1) is 3.57 Å². The molecule has 26 heavy (non-hydrogen) atoms. The number of benzene rings is 2. The summed E-state index contributed by atoms with van der Waals surface area (Å²) in [4.78, 5) is 12.4. The lowest BCUT2D eigenvalue weighted by atomic mass is 10.2. The first-order chi connectivity index (χ1) is 12.4. The number of hydrogen-bond acceptors (Lipinski definition) is 5. The number of hydrogen-bond donors (Lipinski definition) is 2. The Bertz CT molecular complexity index is 886. The molecular formula is C17H19IN2O5S. The second-order valence-corrected chi connectivity index (χ2v) is 8.04. The molecule has 0 atom stereocenters. The fourth-order valence-electron chi connectivity index (χ4n) is 2.15. The lowest BCUT2D eigenvalue weighted by Gasteiger charge is -2.13. The van der Waals surface area contributed by atoms with Gasteiger partial charge in [0, 0.05) is 13.7 Å². The van der Waals surface area contributed by atoms with Crippen LogP contribution < -0.4 is 14.8 Å². The Labute approximate surface area is 166 Å². The Morgan fingerprint density at radius 3 is 2.54 bits per heavy atom. The largest absolute Gasteiger partial charge is 0.496 e. The summed E-state index contributed by atoms with van der Waals surface area (Å²) < 4.78 is 38.5. The number of sulfonamides is 1. The Hall–Kier alpha value is -1.85. The lowest BCUT2D eigenvalue weighted by molar-refractivity contribution is 0.0938. The standard InChI is InChI=1S/C17H19IN2O5S/c1-24-10-9-19-17(21)13-5-3-4-6-15(13)20-26(22,23)12-7-8-16(25-2)14(18)11-12/h3-8,11,20H,9-10H2,1-2H3,(H,19,21). The number of para-hydroxylation sites is 1. The van der Waals surface area contributed by atoms with Crippen molar-refractivity contribution >= 4 is 44.2 Å². The Morgan fingerprint density at radius 1 is 1.15 bits per heavy atom. The van der Waals surface area contributed by atoms with Gasteiger partial charge in [-0.25, -0.2) is 8.42 Å². The highest BCUT2D eigenvalue weighted by Crippen LogP contribution is 2.26. The molecular weight excluding hydrogens is 471 g/mol. The number of carbonyl (C=O) groups is 1. The van der Waals surface area contributed by atoms with Crippen molar-refractivity contribution in [2.75, 3.05) is 32.1 Å². The van der Waals surface area contributed by atoms with Crippen LogP contribution >= 0.6 is 22.6 Å². The summed E-state index contributed by atoms with van der Waals surface area (Å²) in [6.07, 6.45) is 0. The Balaban J connectivity index is 2.27. The van der Waals surface area contributed by atoms with E-state index in [4.69, 9.17) is 9.47 Å². The van der Waals surface area contributed by atoms with Crippen molar-refractivity contribution in [3.8, 4) is 5.75 Å². The van der Waals surface area contributed by atoms with Crippen molar-refractivity contribution in [1.29, 1.82) is 0 Å². The summed E-state index contributed by atoms with van der Waals surface area (Å²) in [7, 11) is -0.809. The Kier molecular flexibility index (Phi) is 7.23. The highest BCUT2D eigenvalue weighted by atomic mass is 127. The molecule has 0 aromatic heterocycles. The van der Waals surface area contributed by atoms with Crippen molar-refractivity contribution in [2.24, 2.45) is 0 Å². The molecule has 1 amide bonds. The van der Waals surface area contributed by atoms with Crippen molar-refractivity contribution < 1.29 is 22.7 Å². The zero-order valence-electron chi connectivity index (χ0n) is 14.3. The van der Waals surface area contributed by atoms with E-state index in [1.807, 2.05) is 22.6 Å². The number of ether oxygens (including phenoxy) is 2. The monoisotopic (exact) mass is 490 g/mol. The third-order valence-corrected chi connectivity index (χ3v) is 5.65. The predicted molar refractivity (Wildman–Crippen MR) is 107 cm³/mol. The summed E-state index contributed by atoms with van der Waals surface area (Å²) in [5.41, 5.74) is 0.434. The van der Waals surface area contributed by atoms with Gasteiger partial charge in [0.2, 0.25) is 0 Å². The second-order valence-electron chi connectivity index (χ2n) is 5.20. The van der Waals surface area contributed by atoms with Gasteiger partial charge in [-0.1, -0.05) is 12.1 Å². The van der Waals surface area contributed by atoms with Gasteiger partial charge < -0.3 is 14.8 Å². The van der Waals surface area contributed by atoms with E-state index in [9.17, 15) is 13.2 Å². The summed E-state index contributed by atoms with van der Waals surface area (Å²) in [6, 6.07) is 10.9. The summed E-state index contributed by atoms with van der Waals surface area (Å²) in [5.74, 6) is 0.201. The van der Waals surface area contributed by atoms with E-state index in [-0.39, 0.29) is 22.1 Å². The van der Waals surface area contributed by atoms with Crippen LogP contribution in [0.15, 0.2) is 47.4 Å². The van der Waals surface area contributed by atoms with Crippen LogP contribution in [0.4, 0.5) is 5.69 Å². The minimum atomic E-state index is -3.86. The van der Waals surface area contributed by atoms with Crippen LogP contribution in [0.1, 0.15) is 10.4 Å². The summed E-state index contributed by atoms with van der Waals surface area (Å²) >= 11 is 2.00. The molecule has 2 N–H and O–H groups in total. The number of carbonyl (C=O) groups excluding carboxylic acids is 1. The molecule has 2 aromatic rings. The fraction of sp³-hybridized carbons (Fsp3) is 0.235. The Morgan fingerprint density at radius 2 is 1.88 bits per heavy atom. The third-order valence-electron chi connectivity index (χ3n) is 3.44.